The van der Waals surface area contributed by atoms with Crippen LogP contribution in [-0.4, -0.2) is 115 Å². The number of aromatic nitrogens is 6. The van der Waals surface area contributed by atoms with E-state index in [1.807, 2.05) is 92.6 Å². The van der Waals surface area contributed by atoms with Gasteiger partial charge in [-0.25, -0.2) is 43.1 Å². The third-order valence-corrected chi connectivity index (χ3v) is 14.5. The Kier molecular flexibility index (Phi) is 21.6. The fourth-order valence-electron chi connectivity index (χ4n) is 7.78. The molecule has 0 spiro atoms. The zero-order valence-electron chi connectivity index (χ0n) is 46.4. The van der Waals surface area contributed by atoms with E-state index in [0.717, 1.165) is 64.4 Å². The van der Waals surface area contributed by atoms with Gasteiger partial charge in [0.25, 0.3) is 0 Å². The maximum atomic E-state index is 14.3. The van der Waals surface area contributed by atoms with Gasteiger partial charge in [0.05, 0.1) is 87.8 Å². The van der Waals surface area contributed by atoms with Crippen molar-refractivity contribution in [2.75, 3.05) is 61.0 Å². The molecule has 0 saturated carbocycles. The number of hydrogen-bond acceptors (Lipinski definition) is 17. The molecule has 4 aliphatic heterocycles. The van der Waals surface area contributed by atoms with Gasteiger partial charge in [-0.3, -0.25) is 24.6 Å². The highest BCUT2D eigenvalue weighted by molar-refractivity contribution is 14.1. The Morgan fingerprint density at radius 2 is 1.15 bits per heavy atom. The van der Waals surface area contributed by atoms with Crippen molar-refractivity contribution in [1.82, 2.24) is 29.9 Å². The third kappa shape index (κ3) is 15.8. The standard InChI is InChI=1S/C17H19FN4O.C14H19BFNO3.C8H7BrFNO.C8H9IN4.C7H7IN4/c1-10(2)23-14-6-5-11(7-12(14)18)16-15-13(8-19-16)20-9-21-17(15)22(3)4;1-9(18)17-12-7-6-10(8-11(12)16)15-19-13(2,3)14(4,5)20-15;1-5(12)11-8-3-2-6(9)4-7(8)10;1-13(2)8-6-5(11-4-12-8)3-10-7(6)9;1-9-7-5-4(11-3-12-7)2-10-6(5)8/h5-7,9-10H,8H2,1-4H3;6-8H,1-5H3,(H,17,18);2-4H,1H3,(H,11,12);4H,3H2,1-2H3;3H,2H2,1H3,(H,9,11,12). The van der Waals surface area contributed by atoms with Crippen LogP contribution in [0.2, 0.25) is 0 Å². The monoisotopic (exact) mass is 1390 g/mol. The quantitative estimate of drug-likeness (QED) is 0.0907. The first kappa shape index (κ1) is 63.0. The van der Waals surface area contributed by atoms with E-state index >= 15 is 0 Å². The molecular weight excluding hydrogens is 1330 g/mol. The van der Waals surface area contributed by atoms with Gasteiger partial charge in [0, 0.05) is 59.1 Å². The minimum atomic E-state index is -0.610. The lowest BCUT2D eigenvalue weighted by atomic mass is 9.79. The molecule has 19 nitrogen and oxygen atoms in total. The van der Waals surface area contributed by atoms with Crippen LogP contribution in [0.3, 0.4) is 0 Å². The number of rotatable bonds is 9. The Bertz CT molecular complexity index is 3340. The summed E-state index contributed by atoms with van der Waals surface area (Å²) in [4.78, 5) is 63.8. The number of hydrogen-bond donors (Lipinski definition) is 3. The predicted molar refractivity (Wildman–Crippen MR) is 329 cm³/mol. The van der Waals surface area contributed by atoms with E-state index in [9.17, 15) is 22.8 Å². The lowest BCUT2D eigenvalue weighted by molar-refractivity contribution is -0.115. The van der Waals surface area contributed by atoms with Gasteiger partial charge >= 0.3 is 7.12 Å². The van der Waals surface area contributed by atoms with Crippen molar-refractivity contribution in [3.8, 4) is 5.75 Å². The van der Waals surface area contributed by atoms with Crippen LogP contribution in [-0.2, 0) is 38.5 Å². The van der Waals surface area contributed by atoms with Crippen molar-refractivity contribution in [1.29, 1.82) is 0 Å². The Labute approximate surface area is 499 Å². The normalized spacial score (nSPS) is 14.6. The van der Waals surface area contributed by atoms with Gasteiger partial charge in [-0.1, -0.05) is 22.0 Å². The summed E-state index contributed by atoms with van der Waals surface area (Å²) in [5, 5.41) is 7.81. The number of carbonyl (C=O) groups is 2. The molecule has 0 aliphatic carbocycles. The average Bonchev–Trinajstić information content (AvgIpc) is 4.16. The molecule has 1 saturated heterocycles. The highest BCUT2D eigenvalue weighted by Gasteiger charge is 2.51. The molecule has 0 radical (unpaired) electrons. The van der Waals surface area contributed by atoms with Gasteiger partial charge in [0.15, 0.2) is 11.6 Å². The Morgan fingerprint density at radius 1 is 0.662 bits per heavy atom. The van der Waals surface area contributed by atoms with E-state index in [2.05, 4.69) is 122 Å². The molecule has 3 N–H and O–H groups in total. The highest BCUT2D eigenvalue weighted by Crippen LogP contribution is 2.37. The molecule has 26 heteroatoms. The molecule has 80 heavy (non-hydrogen) atoms. The molecule has 0 bridgehead atoms. The van der Waals surface area contributed by atoms with Gasteiger partial charge in [0.1, 0.15) is 55.5 Å². The second-order valence-corrected chi connectivity index (χ2v) is 22.6. The van der Waals surface area contributed by atoms with E-state index in [0.29, 0.717) is 35.1 Å². The summed E-state index contributed by atoms with van der Waals surface area (Å²) < 4.78 is 61.0. The molecule has 3 aromatic carbocycles. The van der Waals surface area contributed by atoms with Gasteiger partial charge in [-0.05, 0) is 141 Å². The number of benzene rings is 3. The first-order valence-corrected chi connectivity index (χ1v) is 27.8. The fraction of sp³-hybridized carbons (Fsp3) is 0.352. The Balaban J connectivity index is 0.000000166. The summed E-state index contributed by atoms with van der Waals surface area (Å²) in [7, 11) is 9.03. The number of nitrogens with zero attached hydrogens (tertiary/aromatic N) is 11. The summed E-state index contributed by atoms with van der Waals surface area (Å²) in [6.45, 7) is 16.0. The van der Waals surface area contributed by atoms with E-state index in [1.165, 1.54) is 50.5 Å². The topological polar surface area (TPSA) is 219 Å². The van der Waals surface area contributed by atoms with Crippen molar-refractivity contribution >= 4 is 127 Å². The van der Waals surface area contributed by atoms with E-state index in [4.69, 9.17) is 14.0 Å². The van der Waals surface area contributed by atoms with Gasteiger partial charge in [-0.2, -0.15) is 0 Å². The molecule has 2 amide bonds. The van der Waals surface area contributed by atoms with Crippen LogP contribution in [0, 0.1) is 17.5 Å². The first-order chi connectivity index (χ1) is 37.7. The number of amides is 2. The van der Waals surface area contributed by atoms with Crippen molar-refractivity contribution in [2.24, 2.45) is 15.0 Å². The largest absolute Gasteiger partial charge is 0.494 e. The summed E-state index contributed by atoms with van der Waals surface area (Å²) in [6.07, 6.45) is 4.62. The summed E-state index contributed by atoms with van der Waals surface area (Å²) >= 11 is 7.54. The number of anilines is 5. The van der Waals surface area contributed by atoms with Crippen molar-refractivity contribution in [3.63, 3.8) is 0 Å². The van der Waals surface area contributed by atoms with Crippen LogP contribution >= 0.6 is 61.1 Å². The number of halogens is 6. The van der Waals surface area contributed by atoms with Crippen molar-refractivity contribution in [2.45, 2.75) is 92.3 Å². The lowest BCUT2D eigenvalue weighted by Crippen LogP contribution is -2.41. The summed E-state index contributed by atoms with van der Waals surface area (Å²) in [6, 6.07) is 13.9. The van der Waals surface area contributed by atoms with Crippen LogP contribution in [0.5, 0.6) is 5.75 Å². The van der Waals surface area contributed by atoms with Crippen LogP contribution in [0.15, 0.2) is 93.0 Å². The third-order valence-electron chi connectivity index (χ3n) is 12.2. The van der Waals surface area contributed by atoms with Gasteiger partial charge < -0.3 is 39.8 Å². The molecular formula is C54H61BBrF3I2N14O5. The predicted octanol–water partition coefficient (Wildman–Crippen LogP) is 9.90. The molecule has 10 rings (SSSR count). The van der Waals surface area contributed by atoms with Gasteiger partial charge in [0.2, 0.25) is 11.8 Å². The zero-order chi connectivity index (χ0) is 58.8. The van der Waals surface area contributed by atoms with E-state index in [-0.39, 0.29) is 35.0 Å². The van der Waals surface area contributed by atoms with E-state index < -0.39 is 35.8 Å². The molecule has 422 valence electrons. The number of fused-ring (bicyclic) bond motifs is 3. The second kappa shape index (κ2) is 27.5. The van der Waals surface area contributed by atoms with Crippen molar-refractivity contribution in [3.05, 3.63) is 135 Å². The van der Waals surface area contributed by atoms with Crippen LogP contribution in [0.4, 0.5) is 42.0 Å². The highest BCUT2D eigenvalue weighted by atomic mass is 127. The zero-order valence-corrected chi connectivity index (χ0v) is 52.3. The summed E-state index contributed by atoms with van der Waals surface area (Å²) in [5.41, 5.74) is 7.36. The average molecular weight is 1390 g/mol. The molecule has 3 aromatic heterocycles. The molecule has 0 atom stereocenters. The lowest BCUT2D eigenvalue weighted by Gasteiger charge is -2.32. The smallest absolute Gasteiger partial charge is 0.488 e. The first-order valence-electron chi connectivity index (χ1n) is 24.8. The maximum absolute atomic E-state index is 14.3. The number of ether oxygens (including phenoxy) is 1. The summed E-state index contributed by atoms with van der Waals surface area (Å²) in [5.74, 6) is 0.918. The number of carbonyl (C=O) groups excluding carboxylic acids is 2. The minimum Gasteiger partial charge on any atom is -0.488 e. The molecule has 6 aromatic rings. The SMILES string of the molecule is CC(=O)Nc1ccc(B2OC(C)(C)C(C)(C)O2)cc1F.CC(=O)Nc1ccc(Br)cc1F.CC(C)Oc1ccc(C2=NCc3ncnc(N(C)C)c32)cc1F.CN(C)c1ncnc2c1C(I)=NC2.CNc1ncnc2c1C(I)=NC2. The maximum Gasteiger partial charge on any atom is 0.494 e. The van der Waals surface area contributed by atoms with Gasteiger partial charge in [-0.15, -0.1) is 0 Å². The van der Waals surface area contributed by atoms with Crippen molar-refractivity contribution < 1.29 is 36.8 Å². The van der Waals surface area contributed by atoms with Crippen LogP contribution < -0.4 is 35.9 Å². The fourth-order valence-corrected chi connectivity index (χ4v) is 9.58. The minimum absolute atomic E-state index is 0.0753. The Morgan fingerprint density at radius 3 is 1.65 bits per heavy atom. The molecule has 4 aliphatic rings. The number of nitrogens with one attached hydrogen (secondary N) is 3. The molecule has 1 fully saturated rings. The number of aliphatic imine (C=N–C) groups is 3. The molecule has 7 heterocycles. The molecule has 0 unspecified atom stereocenters. The second-order valence-electron chi connectivity index (χ2n) is 19.6. The van der Waals surface area contributed by atoms with E-state index in [1.54, 1.807) is 30.9 Å². The Hall–Kier alpha value is -6.24. The van der Waals surface area contributed by atoms with Crippen LogP contribution in [0.25, 0.3) is 0 Å². The van der Waals surface area contributed by atoms with Crippen LogP contribution in [0.1, 0.15) is 94.7 Å².